The summed E-state index contributed by atoms with van der Waals surface area (Å²) >= 11 is 0. The molecule has 7 nitrogen and oxygen atoms in total. The summed E-state index contributed by atoms with van der Waals surface area (Å²) in [6, 6.07) is 31.7. The highest BCUT2D eigenvalue weighted by atomic mass is 31.2. The molecule has 1 unspecified atom stereocenters. The molecular weight excluding hydrogens is 489 g/mol. The number of aliphatic carboxylic acids is 1. The smallest absolute Gasteiger partial charge is 0.444 e. The summed E-state index contributed by atoms with van der Waals surface area (Å²) in [7, 11) is -2.29. The Balaban J connectivity index is 1.53. The molecule has 4 rings (SSSR count). The number of carbonyl (C=O) groups is 1. The lowest BCUT2D eigenvalue weighted by Crippen LogP contribution is -2.39. The lowest BCUT2D eigenvalue weighted by Gasteiger charge is -2.23. The largest absolute Gasteiger partial charge is 0.496 e. The SMILES string of the molecule is COc1cc(-c2ccccc2)ccc1CC(NCP(=O)(Oc1ccccc1)Oc1ccccc1)C(=O)O. The summed E-state index contributed by atoms with van der Waals surface area (Å²) in [5.74, 6) is 0.182. The third-order valence-electron chi connectivity index (χ3n) is 5.62. The zero-order chi connectivity index (χ0) is 26.1. The van der Waals surface area contributed by atoms with Gasteiger partial charge >= 0.3 is 13.6 Å². The molecule has 0 aliphatic heterocycles. The predicted molar refractivity (Wildman–Crippen MR) is 143 cm³/mol. The van der Waals surface area contributed by atoms with Gasteiger partial charge in [0.25, 0.3) is 0 Å². The Morgan fingerprint density at radius 3 is 1.86 bits per heavy atom. The van der Waals surface area contributed by atoms with E-state index in [1.165, 1.54) is 0 Å². The average Bonchev–Trinajstić information content (AvgIpc) is 2.92. The summed E-state index contributed by atoms with van der Waals surface area (Å²) in [4.78, 5) is 12.2. The predicted octanol–water partition coefficient (Wildman–Crippen LogP) is 6.26. The fraction of sp³-hybridized carbons (Fsp3) is 0.138. The van der Waals surface area contributed by atoms with E-state index >= 15 is 0 Å². The lowest BCUT2D eigenvalue weighted by atomic mass is 9.99. The minimum atomic E-state index is -3.83. The van der Waals surface area contributed by atoms with Crippen LogP contribution in [0.4, 0.5) is 0 Å². The van der Waals surface area contributed by atoms with Gasteiger partial charge in [-0.1, -0.05) is 78.9 Å². The molecule has 0 aliphatic carbocycles. The number of benzene rings is 4. The van der Waals surface area contributed by atoms with Crippen LogP contribution in [0.1, 0.15) is 5.56 Å². The first-order valence-corrected chi connectivity index (χ1v) is 13.5. The standard InChI is InChI=1S/C29H28NO6P/c1-34-28-20-23(22-11-5-2-6-12-22)17-18-24(28)19-27(29(31)32)30-21-37(33,35-25-13-7-3-8-14-25)36-26-15-9-4-10-16-26/h2-18,20,27,30H,19,21H2,1H3,(H,31,32). The maximum absolute atomic E-state index is 13.7. The van der Waals surface area contributed by atoms with Crippen LogP contribution in [0.3, 0.4) is 0 Å². The molecular formula is C29H28NO6P. The van der Waals surface area contributed by atoms with Gasteiger partial charge in [-0.15, -0.1) is 0 Å². The molecule has 4 aromatic carbocycles. The van der Waals surface area contributed by atoms with Crippen LogP contribution in [-0.2, 0) is 15.8 Å². The number of methoxy groups -OCH3 is 1. The molecule has 2 N–H and O–H groups in total. The van der Waals surface area contributed by atoms with E-state index < -0.39 is 19.6 Å². The minimum absolute atomic E-state index is 0.101. The van der Waals surface area contributed by atoms with Crippen LogP contribution in [0.25, 0.3) is 11.1 Å². The highest BCUT2D eigenvalue weighted by Crippen LogP contribution is 2.47. The number of rotatable bonds is 12. The molecule has 0 radical (unpaired) electrons. The second-order valence-electron chi connectivity index (χ2n) is 8.27. The first kappa shape index (κ1) is 26.0. The van der Waals surface area contributed by atoms with Crippen LogP contribution in [0.5, 0.6) is 17.2 Å². The molecule has 0 heterocycles. The van der Waals surface area contributed by atoms with Crippen LogP contribution < -0.4 is 19.1 Å². The zero-order valence-corrected chi connectivity index (χ0v) is 21.2. The van der Waals surface area contributed by atoms with Gasteiger partial charge in [-0.3, -0.25) is 10.1 Å². The number of para-hydroxylation sites is 2. The van der Waals surface area contributed by atoms with Gasteiger partial charge < -0.3 is 18.9 Å². The van der Waals surface area contributed by atoms with Crippen molar-refractivity contribution < 1.29 is 28.3 Å². The molecule has 4 aromatic rings. The van der Waals surface area contributed by atoms with Crippen molar-refractivity contribution in [3.05, 3.63) is 115 Å². The van der Waals surface area contributed by atoms with Crippen molar-refractivity contribution in [3.63, 3.8) is 0 Å². The summed E-state index contributed by atoms with van der Waals surface area (Å²) in [6.45, 7) is 0. The van der Waals surface area contributed by atoms with E-state index in [2.05, 4.69) is 5.32 Å². The Hall–Kier alpha value is -4.06. The van der Waals surface area contributed by atoms with E-state index in [4.69, 9.17) is 13.8 Å². The Bertz CT molecular complexity index is 1300. The van der Waals surface area contributed by atoms with Gasteiger partial charge in [0, 0.05) is 6.42 Å². The van der Waals surface area contributed by atoms with Gasteiger partial charge in [0.15, 0.2) is 0 Å². The molecule has 0 amide bonds. The maximum atomic E-state index is 13.7. The summed E-state index contributed by atoms with van der Waals surface area (Å²) in [5, 5.41) is 12.8. The molecule has 0 saturated heterocycles. The monoisotopic (exact) mass is 517 g/mol. The maximum Gasteiger partial charge on any atom is 0.444 e. The first-order chi connectivity index (χ1) is 18.0. The molecule has 1 atom stereocenters. The third-order valence-corrected chi connectivity index (χ3v) is 7.17. The Kier molecular flexibility index (Phi) is 8.62. The molecule has 0 saturated carbocycles. The molecule has 0 bridgehead atoms. The van der Waals surface area contributed by atoms with Crippen LogP contribution in [-0.4, -0.2) is 30.5 Å². The van der Waals surface area contributed by atoms with Crippen molar-refractivity contribution in [2.24, 2.45) is 0 Å². The number of ether oxygens (including phenoxy) is 1. The van der Waals surface area contributed by atoms with Gasteiger partial charge in [-0.05, 0) is 47.0 Å². The van der Waals surface area contributed by atoms with Crippen LogP contribution in [0.15, 0.2) is 109 Å². The van der Waals surface area contributed by atoms with E-state index in [0.717, 1.165) is 11.1 Å². The van der Waals surface area contributed by atoms with Gasteiger partial charge in [0.1, 0.15) is 29.6 Å². The van der Waals surface area contributed by atoms with Gasteiger partial charge in [-0.2, -0.15) is 0 Å². The van der Waals surface area contributed by atoms with Crippen LogP contribution >= 0.6 is 7.60 Å². The molecule has 0 fully saturated rings. The number of hydrogen-bond donors (Lipinski definition) is 2. The van der Waals surface area contributed by atoms with Crippen molar-refractivity contribution in [1.82, 2.24) is 5.32 Å². The van der Waals surface area contributed by atoms with Gasteiger partial charge in [0.05, 0.1) is 7.11 Å². The number of nitrogens with one attached hydrogen (secondary N) is 1. The molecule has 0 aliphatic rings. The van der Waals surface area contributed by atoms with E-state index in [0.29, 0.717) is 22.8 Å². The van der Waals surface area contributed by atoms with E-state index in [9.17, 15) is 14.5 Å². The first-order valence-electron chi connectivity index (χ1n) is 11.7. The number of carboxylic acid groups (broad SMARTS) is 1. The molecule has 37 heavy (non-hydrogen) atoms. The van der Waals surface area contributed by atoms with E-state index in [1.54, 1.807) is 55.6 Å². The third kappa shape index (κ3) is 7.23. The highest BCUT2D eigenvalue weighted by molar-refractivity contribution is 7.54. The fourth-order valence-electron chi connectivity index (χ4n) is 3.78. The number of carboxylic acids is 1. The van der Waals surface area contributed by atoms with Crippen molar-refractivity contribution >= 4 is 13.6 Å². The Labute approximate surface area is 216 Å². The summed E-state index contributed by atoms with van der Waals surface area (Å²) < 4.78 is 30.8. The lowest BCUT2D eigenvalue weighted by molar-refractivity contribution is -0.139. The molecule has 0 spiro atoms. The summed E-state index contributed by atoms with van der Waals surface area (Å²) in [6.07, 6.45) is -0.220. The van der Waals surface area contributed by atoms with E-state index in [-0.39, 0.29) is 12.7 Å². The fourth-order valence-corrected chi connectivity index (χ4v) is 5.28. The Morgan fingerprint density at radius 1 is 0.811 bits per heavy atom. The molecule has 0 aromatic heterocycles. The van der Waals surface area contributed by atoms with Gasteiger partial charge in [0.2, 0.25) is 0 Å². The second-order valence-corrected chi connectivity index (χ2v) is 10.2. The topological polar surface area (TPSA) is 94.1 Å². The second kappa shape index (κ2) is 12.3. The van der Waals surface area contributed by atoms with Crippen LogP contribution in [0.2, 0.25) is 0 Å². The quantitative estimate of drug-likeness (QED) is 0.214. The van der Waals surface area contributed by atoms with E-state index in [1.807, 2.05) is 60.7 Å². The van der Waals surface area contributed by atoms with Gasteiger partial charge in [-0.25, -0.2) is 4.57 Å². The average molecular weight is 518 g/mol. The van der Waals surface area contributed by atoms with Crippen LogP contribution in [0, 0.1) is 0 Å². The van der Waals surface area contributed by atoms with Crippen molar-refractivity contribution in [2.75, 3.05) is 13.4 Å². The minimum Gasteiger partial charge on any atom is -0.496 e. The van der Waals surface area contributed by atoms with Crippen molar-refractivity contribution in [3.8, 4) is 28.4 Å². The zero-order valence-electron chi connectivity index (χ0n) is 20.3. The molecule has 190 valence electrons. The highest BCUT2D eigenvalue weighted by Gasteiger charge is 2.31. The normalized spacial score (nSPS) is 11.9. The van der Waals surface area contributed by atoms with Crippen molar-refractivity contribution in [1.29, 1.82) is 0 Å². The Morgan fingerprint density at radius 2 is 1.35 bits per heavy atom. The molecule has 8 heteroatoms. The summed E-state index contributed by atoms with van der Waals surface area (Å²) in [5.41, 5.74) is 2.68. The van der Waals surface area contributed by atoms with Crippen molar-refractivity contribution in [2.45, 2.75) is 12.5 Å². The number of hydrogen-bond acceptors (Lipinski definition) is 6.